The predicted molar refractivity (Wildman–Crippen MR) is 61.7 cm³/mol. The van der Waals surface area contributed by atoms with Gasteiger partial charge in [-0.2, -0.15) is 0 Å². The van der Waals surface area contributed by atoms with E-state index in [2.05, 4.69) is 0 Å². The second-order valence-electron chi connectivity index (χ2n) is 6.74. The van der Waals surface area contributed by atoms with Gasteiger partial charge in [-0.25, -0.2) is 8.78 Å². The van der Waals surface area contributed by atoms with Crippen LogP contribution in [0.4, 0.5) is 8.78 Å². The third-order valence-corrected chi connectivity index (χ3v) is 3.15. The van der Waals surface area contributed by atoms with E-state index >= 15 is 0 Å². The van der Waals surface area contributed by atoms with E-state index in [4.69, 9.17) is 4.74 Å². The zero-order valence-electron chi connectivity index (χ0n) is 11.4. The maximum absolute atomic E-state index is 13.7. The van der Waals surface area contributed by atoms with Crippen LogP contribution in [0.1, 0.15) is 48.5 Å². The first-order valence-electron chi connectivity index (χ1n) is 5.97. The molecule has 0 saturated heterocycles. The highest BCUT2D eigenvalue weighted by Gasteiger charge is 2.74. The van der Waals surface area contributed by atoms with Gasteiger partial charge in [0.25, 0.3) is 5.92 Å². The molecule has 2 atom stereocenters. The minimum Gasteiger partial charge on any atom is -0.369 e. The first-order chi connectivity index (χ1) is 6.89. The van der Waals surface area contributed by atoms with E-state index in [1.165, 1.54) is 0 Å². The van der Waals surface area contributed by atoms with E-state index in [0.29, 0.717) is 0 Å². The fourth-order valence-electron chi connectivity index (χ4n) is 2.93. The van der Waals surface area contributed by atoms with Gasteiger partial charge in [0.2, 0.25) is 0 Å². The molecule has 1 saturated carbocycles. The number of alkyl halides is 2. The number of hydrogen-bond donors (Lipinski definition) is 0. The molecule has 0 spiro atoms. The second-order valence-corrected chi connectivity index (χ2v) is 6.74. The van der Waals surface area contributed by atoms with Gasteiger partial charge in [-0.05, 0) is 40.5 Å². The fraction of sp³-hybridized carbons (Fsp3) is 1.00. The van der Waals surface area contributed by atoms with E-state index < -0.39 is 23.4 Å². The van der Waals surface area contributed by atoms with Crippen molar-refractivity contribution in [3.05, 3.63) is 0 Å². The van der Waals surface area contributed by atoms with Gasteiger partial charge in [-0.1, -0.05) is 13.8 Å². The van der Waals surface area contributed by atoms with Gasteiger partial charge in [0.15, 0.2) is 0 Å². The topological polar surface area (TPSA) is 9.23 Å². The monoisotopic (exact) mass is 234 g/mol. The molecule has 1 aliphatic carbocycles. The molecule has 0 aromatic carbocycles. The average molecular weight is 234 g/mol. The highest BCUT2D eigenvalue weighted by Crippen LogP contribution is 2.64. The highest BCUT2D eigenvalue weighted by atomic mass is 19.3. The molecule has 1 fully saturated rings. The molecule has 1 nitrogen and oxygen atoms in total. The molecule has 96 valence electrons. The third-order valence-electron chi connectivity index (χ3n) is 3.15. The average Bonchev–Trinajstić information content (AvgIpc) is 2.48. The van der Waals surface area contributed by atoms with Crippen molar-refractivity contribution in [3.63, 3.8) is 0 Å². The summed E-state index contributed by atoms with van der Waals surface area (Å²) in [5.74, 6) is -3.75. The van der Waals surface area contributed by atoms with Gasteiger partial charge in [-0.15, -0.1) is 0 Å². The molecule has 1 aliphatic rings. The summed E-state index contributed by atoms with van der Waals surface area (Å²) in [4.78, 5) is 0. The SMILES string of the molecule is CC(C)[C@H]1[C@H](C(C)(C)OC(C)(C)C)C1(F)F. The second kappa shape index (κ2) is 3.66. The zero-order chi connectivity index (χ0) is 12.9. The Kier molecular flexibility index (Phi) is 3.17. The van der Waals surface area contributed by atoms with Crippen LogP contribution in [0, 0.1) is 17.8 Å². The van der Waals surface area contributed by atoms with E-state index in [0.717, 1.165) is 0 Å². The summed E-state index contributed by atoms with van der Waals surface area (Å²) in [5.41, 5.74) is -1.15. The van der Waals surface area contributed by atoms with Crippen LogP contribution >= 0.6 is 0 Å². The molecule has 0 bridgehead atoms. The Morgan fingerprint density at radius 2 is 1.50 bits per heavy atom. The van der Waals surface area contributed by atoms with Crippen molar-refractivity contribution < 1.29 is 13.5 Å². The van der Waals surface area contributed by atoms with E-state index in [-0.39, 0.29) is 11.5 Å². The first-order valence-corrected chi connectivity index (χ1v) is 5.97. The van der Waals surface area contributed by atoms with Crippen molar-refractivity contribution in [1.82, 2.24) is 0 Å². The summed E-state index contributed by atoms with van der Waals surface area (Å²) in [6.45, 7) is 13.0. The third kappa shape index (κ3) is 2.55. The molecule has 0 radical (unpaired) electrons. The smallest absolute Gasteiger partial charge is 0.257 e. The molecule has 0 aromatic heterocycles. The van der Waals surface area contributed by atoms with Crippen molar-refractivity contribution in [3.8, 4) is 0 Å². The molecule has 1 rings (SSSR count). The summed E-state index contributed by atoms with van der Waals surface area (Å²) in [6.07, 6.45) is 0. The highest BCUT2D eigenvalue weighted by molar-refractivity contribution is 5.13. The zero-order valence-corrected chi connectivity index (χ0v) is 11.4. The van der Waals surface area contributed by atoms with Gasteiger partial charge < -0.3 is 4.74 Å². The molecule has 0 heterocycles. The van der Waals surface area contributed by atoms with Crippen LogP contribution in [0.15, 0.2) is 0 Å². The first kappa shape index (κ1) is 13.9. The van der Waals surface area contributed by atoms with E-state index in [1.54, 1.807) is 13.8 Å². The lowest BCUT2D eigenvalue weighted by Crippen LogP contribution is -2.38. The summed E-state index contributed by atoms with van der Waals surface area (Å²) >= 11 is 0. The molecule has 3 heteroatoms. The molecular formula is C13H24F2O. The van der Waals surface area contributed by atoms with Crippen molar-refractivity contribution in [1.29, 1.82) is 0 Å². The van der Waals surface area contributed by atoms with Gasteiger partial charge in [-0.3, -0.25) is 0 Å². The van der Waals surface area contributed by atoms with Crippen LogP contribution in [0.3, 0.4) is 0 Å². The summed E-state index contributed by atoms with van der Waals surface area (Å²) in [5, 5.41) is 0. The largest absolute Gasteiger partial charge is 0.369 e. The minimum atomic E-state index is -2.57. The number of hydrogen-bond acceptors (Lipinski definition) is 1. The lowest BCUT2D eigenvalue weighted by atomic mass is 9.95. The minimum absolute atomic E-state index is 0.00263. The van der Waals surface area contributed by atoms with Crippen molar-refractivity contribution >= 4 is 0 Å². The Morgan fingerprint density at radius 1 is 1.06 bits per heavy atom. The fourth-order valence-corrected chi connectivity index (χ4v) is 2.93. The normalized spacial score (nSPS) is 29.6. The van der Waals surface area contributed by atoms with Crippen LogP contribution in [0.25, 0.3) is 0 Å². The molecule has 0 N–H and O–H groups in total. The summed E-state index contributed by atoms with van der Waals surface area (Å²) < 4.78 is 33.2. The molecule has 0 aromatic rings. The maximum Gasteiger partial charge on any atom is 0.257 e. The Hall–Kier alpha value is -0.180. The van der Waals surface area contributed by atoms with Gasteiger partial charge in [0.05, 0.1) is 17.1 Å². The number of rotatable bonds is 3. The van der Waals surface area contributed by atoms with Crippen molar-refractivity contribution in [2.24, 2.45) is 17.8 Å². The molecule has 0 unspecified atom stereocenters. The van der Waals surface area contributed by atoms with Crippen LogP contribution in [0.2, 0.25) is 0 Å². The molecular weight excluding hydrogens is 210 g/mol. The Bertz CT molecular complexity index is 264. The van der Waals surface area contributed by atoms with Gasteiger partial charge in [0.1, 0.15) is 0 Å². The lowest BCUT2D eigenvalue weighted by Gasteiger charge is -2.34. The Morgan fingerprint density at radius 3 is 1.75 bits per heavy atom. The van der Waals surface area contributed by atoms with Crippen LogP contribution in [0.5, 0.6) is 0 Å². The van der Waals surface area contributed by atoms with Crippen molar-refractivity contribution in [2.75, 3.05) is 0 Å². The molecule has 0 amide bonds. The standard InChI is InChI=1S/C13H24F2O/c1-8(2)9-10(13(9,14)15)12(6,7)16-11(3,4)5/h8-10H,1-7H3/t9-,10+/m0/s1. The summed E-state index contributed by atoms with van der Waals surface area (Å²) in [7, 11) is 0. The Balaban J connectivity index is 2.79. The lowest BCUT2D eigenvalue weighted by molar-refractivity contribution is -0.138. The van der Waals surface area contributed by atoms with Crippen LogP contribution < -0.4 is 0 Å². The quantitative estimate of drug-likeness (QED) is 0.713. The van der Waals surface area contributed by atoms with Crippen molar-refractivity contribution in [2.45, 2.75) is 65.6 Å². The predicted octanol–water partition coefficient (Wildman–Crippen LogP) is 4.12. The summed E-state index contributed by atoms with van der Waals surface area (Å²) in [6, 6.07) is 0. The van der Waals surface area contributed by atoms with E-state index in [1.807, 2.05) is 34.6 Å². The van der Waals surface area contributed by atoms with Crippen LogP contribution in [-0.4, -0.2) is 17.1 Å². The number of ether oxygens (including phenoxy) is 1. The molecule has 16 heavy (non-hydrogen) atoms. The van der Waals surface area contributed by atoms with E-state index in [9.17, 15) is 8.78 Å². The Labute approximate surface area is 97.6 Å². The maximum atomic E-state index is 13.7. The van der Waals surface area contributed by atoms with Gasteiger partial charge >= 0.3 is 0 Å². The van der Waals surface area contributed by atoms with Gasteiger partial charge in [0, 0.05) is 5.92 Å². The molecule has 0 aliphatic heterocycles. The van der Waals surface area contributed by atoms with Crippen LogP contribution in [-0.2, 0) is 4.74 Å². The number of halogens is 2.